The Morgan fingerprint density at radius 1 is 1.30 bits per heavy atom. The maximum absolute atomic E-state index is 12.4. The summed E-state index contributed by atoms with van der Waals surface area (Å²) in [4.78, 5) is 20.1. The summed E-state index contributed by atoms with van der Waals surface area (Å²) in [6.07, 6.45) is 0.412. The molecule has 1 N–H and O–H groups in total. The van der Waals surface area contributed by atoms with E-state index < -0.39 is 12.8 Å². The predicted molar refractivity (Wildman–Crippen MR) is 101 cm³/mol. The standard InChI is InChI=1S/C19H20F3N5O3/c1-3-23-17(28)7-15-13-10-27(26-14(13)4-5-24-15)9-12-6-16(29-2)18(25-8-12)30-11-19(20,21)22/h4-6,8,10H,3,7,9,11H2,1-2H3,(H,23,28). The molecule has 0 aliphatic rings. The zero-order valence-corrected chi connectivity index (χ0v) is 16.4. The van der Waals surface area contributed by atoms with Crippen LogP contribution in [0.2, 0.25) is 0 Å². The van der Waals surface area contributed by atoms with Gasteiger partial charge in [0.15, 0.2) is 12.4 Å². The summed E-state index contributed by atoms with van der Waals surface area (Å²) in [6, 6.07) is 3.28. The van der Waals surface area contributed by atoms with Crippen molar-refractivity contribution in [3.63, 3.8) is 0 Å². The average molecular weight is 423 g/mol. The minimum absolute atomic E-state index is 0.0899. The topological polar surface area (TPSA) is 91.2 Å². The molecule has 0 saturated heterocycles. The molecule has 0 aliphatic heterocycles. The van der Waals surface area contributed by atoms with Crippen molar-refractivity contribution in [2.75, 3.05) is 20.3 Å². The summed E-state index contributed by atoms with van der Waals surface area (Å²) >= 11 is 0. The fourth-order valence-corrected chi connectivity index (χ4v) is 2.83. The normalized spacial score (nSPS) is 11.5. The molecule has 0 radical (unpaired) electrons. The molecule has 3 heterocycles. The van der Waals surface area contributed by atoms with Gasteiger partial charge < -0.3 is 14.8 Å². The zero-order chi connectivity index (χ0) is 21.7. The van der Waals surface area contributed by atoms with E-state index in [1.165, 1.54) is 13.3 Å². The van der Waals surface area contributed by atoms with Crippen LogP contribution in [0.25, 0.3) is 10.9 Å². The molecule has 8 nitrogen and oxygen atoms in total. The van der Waals surface area contributed by atoms with E-state index in [1.807, 2.05) is 6.92 Å². The van der Waals surface area contributed by atoms with Crippen LogP contribution in [0.4, 0.5) is 13.2 Å². The molecule has 0 aromatic carbocycles. The van der Waals surface area contributed by atoms with Gasteiger partial charge in [0.25, 0.3) is 5.88 Å². The number of nitrogens with zero attached hydrogens (tertiary/aromatic N) is 4. The number of amides is 1. The van der Waals surface area contributed by atoms with Gasteiger partial charge in [-0.1, -0.05) is 0 Å². The molecule has 1 amide bonds. The Bertz CT molecular complexity index is 1040. The maximum atomic E-state index is 12.4. The number of hydrogen-bond acceptors (Lipinski definition) is 6. The van der Waals surface area contributed by atoms with Gasteiger partial charge in [-0.15, -0.1) is 0 Å². The van der Waals surface area contributed by atoms with Crippen LogP contribution in [-0.4, -0.2) is 52.1 Å². The van der Waals surface area contributed by atoms with Gasteiger partial charge in [0.05, 0.1) is 31.3 Å². The lowest BCUT2D eigenvalue weighted by Crippen LogP contribution is -2.24. The van der Waals surface area contributed by atoms with Crippen LogP contribution in [0.1, 0.15) is 18.2 Å². The van der Waals surface area contributed by atoms with Crippen LogP contribution < -0.4 is 14.8 Å². The average Bonchev–Trinajstić information content (AvgIpc) is 3.10. The minimum atomic E-state index is -4.47. The van der Waals surface area contributed by atoms with Crippen LogP contribution in [0.15, 0.2) is 30.7 Å². The van der Waals surface area contributed by atoms with Gasteiger partial charge in [-0.2, -0.15) is 18.3 Å². The number of nitrogens with one attached hydrogen (secondary N) is 1. The van der Waals surface area contributed by atoms with E-state index in [9.17, 15) is 18.0 Å². The molecular weight excluding hydrogens is 403 g/mol. The fourth-order valence-electron chi connectivity index (χ4n) is 2.83. The first-order valence-electron chi connectivity index (χ1n) is 9.09. The predicted octanol–water partition coefficient (Wildman–Crippen LogP) is 2.50. The Hall–Kier alpha value is -3.37. The SMILES string of the molecule is CCNC(=O)Cc1nccc2nn(Cc3cnc(OCC(F)(F)F)c(OC)c3)cc12. The molecule has 0 bridgehead atoms. The highest BCUT2D eigenvalue weighted by atomic mass is 19.4. The van der Waals surface area contributed by atoms with Gasteiger partial charge in [-0.05, 0) is 24.6 Å². The van der Waals surface area contributed by atoms with Crippen molar-refractivity contribution in [2.45, 2.75) is 26.1 Å². The Labute approximate surface area is 170 Å². The summed E-state index contributed by atoms with van der Waals surface area (Å²) in [5.41, 5.74) is 1.93. The van der Waals surface area contributed by atoms with Crippen LogP contribution in [0, 0.1) is 0 Å². The molecule has 3 rings (SSSR count). The number of ether oxygens (including phenoxy) is 2. The largest absolute Gasteiger partial charge is 0.491 e. The Morgan fingerprint density at radius 2 is 2.10 bits per heavy atom. The molecule has 11 heteroatoms. The van der Waals surface area contributed by atoms with Gasteiger partial charge in [0, 0.05) is 30.5 Å². The third kappa shape index (κ3) is 5.37. The van der Waals surface area contributed by atoms with Crippen LogP contribution in [0.3, 0.4) is 0 Å². The highest BCUT2D eigenvalue weighted by molar-refractivity contribution is 5.86. The van der Waals surface area contributed by atoms with E-state index in [0.29, 0.717) is 23.3 Å². The van der Waals surface area contributed by atoms with E-state index in [-0.39, 0.29) is 30.5 Å². The number of carbonyl (C=O) groups is 1. The molecule has 160 valence electrons. The number of hydrogen-bond donors (Lipinski definition) is 1. The number of carbonyl (C=O) groups excluding carboxylic acids is 1. The summed E-state index contributed by atoms with van der Waals surface area (Å²) < 4.78 is 48.5. The molecule has 3 aromatic rings. The third-order valence-corrected chi connectivity index (χ3v) is 4.08. The zero-order valence-electron chi connectivity index (χ0n) is 16.4. The van der Waals surface area contributed by atoms with Crippen molar-refractivity contribution in [3.05, 3.63) is 42.0 Å². The van der Waals surface area contributed by atoms with Gasteiger partial charge in [0.1, 0.15) is 0 Å². The summed E-state index contributed by atoms with van der Waals surface area (Å²) in [7, 11) is 1.32. The molecule has 30 heavy (non-hydrogen) atoms. The Kier molecular flexibility index (Phi) is 6.38. The fraction of sp³-hybridized carbons (Fsp3) is 0.368. The Balaban J connectivity index is 1.79. The van der Waals surface area contributed by atoms with E-state index >= 15 is 0 Å². The Morgan fingerprint density at radius 3 is 2.80 bits per heavy atom. The van der Waals surface area contributed by atoms with Crippen molar-refractivity contribution in [2.24, 2.45) is 0 Å². The lowest BCUT2D eigenvalue weighted by Gasteiger charge is -2.12. The van der Waals surface area contributed by atoms with Gasteiger partial charge in [-0.3, -0.25) is 14.5 Å². The molecule has 0 spiro atoms. The number of likely N-dealkylation sites (N-methyl/N-ethyl adjacent to an activating group) is 1. The number of fused-ring (bicyclic) bond motifs is 1. The lowest BCUT2D eigenvalue weighted by molar-refractivity contribution is -0.154. The van der Waals surface area contributed by atoms with Crippen molar-refractivity contribution < 1.29 is 27.4 Å². The van der Waals surface area contributed by atoms with E-state index in [1.54, 1.807) is 29.2 Å². The first-order valence-corrected chi connectivity index (χ1v) is 9.09. The third-order valence-electron chi connectivity index (χ3n) is 4.08. The maximum Gasteiger partial charge on any atom is 0.422 e. The van der Waals surface area contributed by atoms with E-state index in [0.717, 1.165) is 5.39 Å². The second-order valence-electron chi connectivity index (χ2n) is 6.40. The van der Waals surface area contributed by atoms with Crippen molar-refractivity contribution in [1.82, 2.24) is 25.1 Å². The first kappa shape index (κ1) is 21.3. The van der Waals surface area contributed by atoms with Crippen LogP contribution >= 0.6 is 0 Å². The smallest absolute Gasteiger partial charge is 0.422 e. The molecule has 0 aliphatic carbocycles. The number of alkyl halides is 3. The molecule has 3 aromatic heterocycles. The highest BCUT2D eigenvalue weighted by Gasteiger charge is 2.29. The molecule has 0 atom stereocenters. The second-order valence-corrected chi connectivity index (χ2v) is 6.40. The highest BCUT2D eigenvalue weighted by Crippen LogP contribution is 2.27. The summed E-state index contributed by atoms with van der Waals surface area (Å²) in [5.74, 6) is -0.279. The lowest BCUT2D eigenvalue weighted by atomic mass is 10.2. The minimum Gasteiger partial charge on any atom is -0.491 e. The quantitative estimate of drug-likeness (QED) is 0.599. The van der Waals surface area contributed by atoms with Crippen LogP contribution in [-0.2, 0) is 17.8 Å². The number of halogens is 3. The van der Waals surface area contributed by atoms with E-state index in [2.05, 4.69) is 25.1 Å². The molecule has 0 saturated carbocycles. The van der Waals surface area contributed by atoms with Crippen molar-refractivity contribution in [3.8, 4) is 11.6 Å². The first-order chi connectivity index (χ1) is 14.3. The number of pyridine rings is 2. The summed E-state index contributed by atoms with van der Waals surface area (Å²) in [6.45, 7) is 1.21. The number of rotatable bonds is 8. The van der Waals surface area contributed by atoms with Crippen molar-refractivity contribution >= 4 is 16.8 Å². The van der Waals surface area contributed by atoms with Gasteiger partial charge in [-0.25, -0.2) is 4.98 Å². The van der Waals surface area contributed by atoms with E-state index in [4.69, 9.17) is 4.74 Å². The molecular formula is C19H20F3N5O3. The summed E-state index contributed by atoms with van der Waals surface area (Å²) in [5, 5.41) is 7.94. The molecule has 0 unspecified atom stereocenters. The number of aromatic nitrogens is 4. The van der Waals surface area contributed by atoms with Crippen LogP contribution in [0.5, 0.6) is 11.6 Å². The second kappa shape index (κ2) is 8.97. The number of methoxy groups -OCH3 is 1. The monoisotopic (exact) mass is 423 g/mol. The van der Waals surface area contributed by atoms with Gasteiger partial charge in [0.2, 0.25) is 5.91 Å². The van der Waals surface area contributed by atoms with Gasteiger partial charge >= 0.3 is 6.18 Å². The van der Waals surface area contributed by atoms with Crippen molar-refractivity contribution in [1.29, 1.82) is 0 Å². The molecule has 0 fully saturated rings.